The first-order valence-corrected chi connectivity index (χ1v) is 12.4. The Kier molecular flexibility index (Phi) is 3.81. The standard InChI is InChI=1S/C23H24OSi/c1-16-8-13-23(24-16)19-14-18-6-5-7-21(22(18)15-19)17-9-11-20(12-10-17)25(2,3)4/h5-13,15H,14H2,1-4H3. The molecule has 0 aliphatic heterocycles. The van der Waals surface area contributed by atoms with Gasteiger partial charge in [0.05, 0.1) is 8.07 Å². The second-order valence-corrected chi connectivity index (χ2v) is 13.0. The van der Waals surface area contributed by atoms with Crippen LogP contribution in [0.25, 0.3) is 22.8 Å². The van der Waals surface area contributed by atoms with E-state index in [-0.39, 0.29) is 0 Å². The lowest BCUT2D eigenvalue weighted by Gasteiger charge is -2.17. The molecule has 1 aliphatic rings. The quantitative estimate of drug-likeness (QED) is 0.539. The van der Waals surface area contributed by atoms with E-state index < -0.39 is 8.07 Å². The maximum atomic E-state index is 5.83. The lowest BCUT2D eigenvalue weighted by atomic mass is 9.97. The van der Waals surface area contributed by atoms with E-state index in [1.165, 1.54) is 33.0 Å². The summed E-state index contributed by atoms with van der Waals surface area (Å²) in [6.45, 7) is 9.17. The van der Waals surface area contributed by atoms with E-state index in [0.29, 0.717) is 0 Å². The Morgan fingerprint density at radius 1 is 0.880 bits per heavy atom. The molecule has 0 bridgehead atoms. The predicted molar refractivity (Wildman–Crippen MR) is 110 cm³/mol. The van der Waals surface area contributed by atoms with Crippen molar-refractivity contribution >= 4 is 24.9 Å². The summed E-state index contributed by atoms with van der Waals surface area (Å²) >= 11 is 0. The van der Waals surface area contributed by atoms with Gasteiger partial charge in [0, 0.05) is 6.42 Å². The molecule has 0 N–H and O–H groups in total. The third kappa shape index (κ3) is 3.02. The van der Waals surface area contributed by atoms with Gasteiger partial charge in [0.1, 0.15) is 11.5 Å². The first-order valence-electron chi connectivity index (χ1n) is 8.92. The minimum absolute atomic E-state index is 0.948. The molecule has 1 nitrogen and oxygen atoms in total. The summed E-state index contributed by atoms with van der Waals surface area (Å²) in [4.78, 5) is 0. The molecule has 1 heterocycles. The van der Waals surface area contributed by atoms with Crippen molar-refractivity contribution in [3.05, 3.63) is 77.2 Å². The third-order valence-electron chi connectivity index (χ3n) is 5.01. The number of allylic oxidation sites excluding steroid dienone is 1. The molecule has 0 spiro atoms. The highest BCUT2D eigenvalue weighted by Gasteiger charge is 2.20. The molecule has 0 saturated carbocycles. The van der Waals surface area contributed by atoms with Gasteiger partial charge in [-0.05, 0) is 53.0 Å². The van der Waals surface area contributed by atoms with Crippen LogP contribution in [0.2, 0.25) is 19.6 Å². The summed E-state index contributed by atoms with van der Waals surface area (Å²) in [7, 11) is -1.25. The maximum Gasteiger partial charge on any atom is 0.130 e. The Bertz CT molecular complexity index is 953. The second kappa shape index (κ2) is 5.89. The molecule has 0 radical (unpaired) electrons. The van der Waals surface area contributed by atoms with Crippen LogP contribution in [0, 0.1) is 6.92 Å². The number of aryl methyl sites for hydroxylation is 1. The van der Waals surface area contributed by atoms with Crippen molar-refractivity contribution in [1.29, 1.82) is 0 Å². The van der Waals surface area contributed by atoms with Gasteiger partial charge < -0.3 is 4.42 Å². The molecule has 0 saturated heterocycles. The minimum Gasteiger partial charge on any atom is -0.462 e. The van der Waals surface area contributed by atoms with Gasteiger partial charge in [-0.15, -0.1) is 0 Å². The monoisotopic (exact) mass is 344 g/mol. The van der Waals surface area contributed by atoms with Gasteiger partial charge in [-0.2, -0.15) is 0 Å². The van der Waals surface area contributed by atoms with Crippen molar-refractivity contribution < 1.29 is 4.42 Å². The molecular formula is C23H24OSi. The van der Waals surface area contributed by atoms with Crippen molar-refractivity contribution in [3.8, 4) is 11.1 Å². The lowest BCUT2D eigenvalue weighted by Crippen LogP contribution is -2.37. The van der Waals surface area contributed by atoms with Crippen LogP contribution >= 0.6 is 0 Å². The van der Waals surface area contributed by atoms with E-state index in [9.17, 15) is 0 Å². The minimum atomic E-state index is -1.25. The molecule has 0 amide bonds. The van der Waals surface area contributed by atoms with Crippen LogP contribution in [0.3, 0.4) is 0 Å². The Morgan fingerprint density at radius 2 is 1.64 bits per heavy atom. The molecule has 0 unspecified atom stereocenters. The summed E-state index contributed by atoms with van der Waals surface area (Å²) in [5, 5.41) is 1.51. The van der Waals surface area contributed by atoms with Crippen LogP contribution in [0.1, 0.15) is 22.6 Å². The van der Waals surface area contributed by atoms with E-state index in [1.54, 1.807) is 0 Å². The number of fused-ring (bicyclic) bond motifs is 1. The van der Waals surface area contributed by atoms with Crippen molar-refractivity contribution in [2.75, 3.05) is 0 Å². The highest BCUT2D eigenvalue weighted by atomic mass is 28.3. The van der Waals surface area contributed by atoms with E-state index >= 15 is 0 Å². The molecule has 3 aromatic rings. The highest BCUT2D eigenvalue weighted by Crippen LogP contribution is 2.37. The molecule has 126 valence electrons. The topological polar surface area (TPSA) is 13.1 Å². The number of benzene rings is 2. The first-order chi connectivity index (χ1) is 11.9. The van der Waals surface area contributed by atoms with E-state index in [0.717, 1.165) is 17.9 Å². The fourth-order valence-corrected chi connectivity index (χ4v) is 4.70. The normalized spacial score (nSPS) is 13.7. The SMILES string of the molecule is Cc1ccc(C2=Cc3c(cccc3-c3ccc([Si](C)(C)C)cc3)C2)o1. The molecule has 2 aromatic carbocycles. The van der Waals surface area contributed by atoms with Crippen LogP contribution in [-0.2, 0) is 6.42 Å². The Balaban J connectivity index is 1.74. The van der Waals surface area contributed by atoms with Gasteiger partial charge in [-0.1, -0.05) is 67.3 Å². The van der Waals surface area contributed by atoms with E-state index in [4.69, 9.17) is 4.42 Å². The molecule has 4 rings (SSSR count). The summed E-state index contributed by atoms with van der Waals surface area (Å²) in [6, 6.07) is 19.9. The van der Waals surface area contributed by atoms with Gasteiger partial charge in [0.25, 0.3) is 0 Å². The van der Waals surface area contributed by atoms with Gasteiger partial charge in [-0.25, -0.2) is 0 Å². The van der Waals surface area contributed by atoms with Gasteiger partial charge in [0.2, 0.25) is 0 Å². The molecule has 2 heteroatoms. The summed E-state index contributed by atoms with van der Waals surface area (Å²) in [6.07, 6.45) is 3.25. The van der Waals surface area contributed by atoms with Gasteiger partial charge in [-0.3, -0.25) is 0 Å². The highest BCUT2D eigenvalue weighted by molar-refractivity contribution is 6.88. The van der Waals surface area contributed by atoms with E-state index in [2.05, 4.69) is 74.2 Å². The smallest absolute Gasteiger partial charge is 0.130 e. The zero-order valence-electron chi connectivity index (χ0n) is 15.4. The van der Waals surface area contributed by atoms with Gasteiger partial charge in [0.15, 0.2) is 0 Å². The maximum absolute atomic E-state index is 5.83. The van der Waals surface area contributed by atoms with Crippen LogP contribution in [0.15, 0.2) is 59.0 Å². The van der Waals surface area contributed by atoms with Crippen LogP contribution < -0.4 is 5.19 Å². The number of furan rings is 1. The number of hydrogen-bond acceptors (Lipinski definition) is 1. The van der Waals surface area contributed by atoms with Crippen molar-refractivity contribution in [2.45, 2.75) is 33.0 Å². The largest absolute Gasteiger partial charge is 0.462 e. The van der Waals surface area contributed by atoms with E-state index in [1.807, 2.05) is 13.0 Å². The molecule has 0 atom stereocenters. The molecule has 0 fully saturated rings. The van der Waals surface area contributed by atoms with Crippen LogP contribution in [0.4, 0.5) is 0 Å². The fraction of sp³-hybridized carbons (Fsp3) is 0.217. The zero-order valence-corrected chi connectivity index (χ0v) is 16.4. The lowest BCUT2D eigenvalue weighted by molar-refractivity contribution is 0.521. The third-order valence-corrected chi connectivity index (χ3v) is 7.08. The summed E-state index contributed by atoms with van der Waals surface area (Å²) in [5.74, 6) is 1.96. The van der Waals surface area contributed by atoms with Gasteiger partial charge >= 0.3 is 0 Å². The van der Waals surface area contributed by atoms with Crippen LogP contribution in [0.5, 0.6) is 0 Å². The first kappa shape index (κ1) is 16.2. The number of rotatable bonds is 3. The van der Waals surface area contributed by atoms with Crippen molar-refractivity contribution in [2.24, 2.45) is 0 Å². The van der Waals surface area contributed by atoms with Crippen molar-refractivity contribution in [1.82, 2.24) is 0 Å². The summed E-state index contributed by atoms with van der Waals surface area (Å²) < 4.78 is 5.83. The average molecular weight is 345 g/mol. The van der Waals surface area contributed by atoms with Crippen LogP contribution in [-0.4, -0.2) is 8.07 Å². The number of hydrogen-bond donors (Lipinski definition) is 0. The Morgan fingerprint density at radius 3 is 2.28 bits per heavy atom. The molecule has 1 aromatic heterocycles. The predicted octanol–water partition coefficient (Wildman–Crippen LogP) is 5.90. The van der Waals surface area contributed by atoms with Crippen molar-refractivity contribution in [3.63, 3.8) is 0 Å². The Hall–Kier alpha value is -2.32. The second-order valence-electron chi connectivity index (χ2n) is 7.96. The molecule has 1 aliphatic carbocycles. The fourth-order valence-electron chi connectivity index (χ4n) is 3.53. The average Bonchev–Trinajstić information content (AvgIpc) is 3.19. The molecule has 25 heavy (non-hydrogen) atoms. The Labute approximate surface area is 151 Å². The summed E-state index contributed by atoms with van der Waals surface area (Å²) in [5.41, 5.74) is 6.61. The zero-order chi connectivity index (χ0) is 17.6. The molecular weight excluding hydrogens is 320 g/mol.